The van der Waals surface area contributed by atoms with Gasteiger partial charge < -0.3 is 5.11 Å². The number of carbonyl (C=O) groups is 1. The van der Waals surface area contributed by atoms with Crippen molar-refractivity contribution in [1.29, 1.82) is 0 Å². The number of nitrogens with zero attached hydrogens (tertiary/aromatic N) is 1. The van der Waals surface area contributed by atoms with Crippen molar-refractivity contribution >= 4 is 5.97 Å². The van der Waals surface area contributed by atoms with Crippen molar-refractivity contribution in [2.24, 2.45) is 0 Å². The molecule has 0 saturated carbocycles. The van der Waals surface area contributed by atoms with Crippen LogP contribution in [0.25, 0.3) is 0 Å². The molecule has 0 amide bonds. The fourth-order valence-electron chi connectivity index (χ4n) is 1.45. The SMILES string of the molecule is C=CCN(C)C(CCCCC)C(=O)O. The number of likely N-dealkylation sites (N-methyl/N-ethyl adjacent to an activating group) is 1. The Morgan fingerprint density at radius 2 is 2.21 bits per heavy atom. The lowest BCUT2D eigenvalue weighted by atomic mass is 10.1. The van der Waals surface area contributed by atoms with Crippen LogP contribution >= 0.6 is 0 Å². The average molecular weight is 199 g/mol. The van der Waals surface area contributed by atoms with Gasteiger partial charge in [0.25, 0.3) is 0 Å². The number of hydrogen-bond acceptors (Lipinski definition) is 2. The van der Waals surface area contributed by atoms with E-state index in [9.17, 15) is 4.79 Å². The molecule has 3 nitrogen and oxygen atoms in total. The molecule has 0 aliphatic rings. The molecule has 0 saturated heterocycles. The van der Waals surface area contributed by atoms with Crippen LogP contribution < -0.4 is 0 Å². The molecular formula is C11H21NO2. The zero-order valence-corrected chi connectivity index (χ0v) is 9.20. The van der Waals surface area contributed by atoms with Gasteiger partial charge in [0.2, 0.25) is 0 Å². The van der Waals surface area contributed by atoms with E-state index in [1.54, 1.807) is 6.08 Å². The maximum atomic E-state index is 10.9. The minimum Gasteiger partial charge on any atom is -0.480 e. The number of carboxylic acids is 1. The van der Waals surface area contributed by atoms with Crippen LogP contribution in [0.5, 0.6) is 0 Å². The highest BCUT2D eigenvalue weighted by Gasteiger charge is 2.20. The molecule has 0 aromatic heterocycles. The summed E-state index contributed by atoms with van der Waals surface area (Å²) in [6, 6.07) is -0.362. The number of rotatable bonds is 8. The van der Waals surface area contributed by atoms with E-state index in [2.05, 4.69) is 13.5 Å². The van der Waals surface area contributed by atoms with Gasteiger partial charge >= 0.3 is 5.97 Å². The van der Waals surface area contributed by atoms with Gasteiger partial charge in [-0.25, -0.2) is 0 Å². The Kier molecular flexibility index (Phi) is 7.11. The molecule has 0 aromatic carbocycles. The van der Waals surface area contributed by atoms with Gasteiger partial charge in [0.1, 0.15) is 6.04 Å². The predicted octanol–water partition coefficient (Wildman–Crippen LogP) is 2.14. The normalized spacial score (nSPS) is 12.8. The maximum absolute atomic E-state index is 10.9. The fraction of sp³-hybridized carbons (Fsp3) is 0.727. The summed E-state index contributed by atoms with van der Waals surface area (Å²) >= 11 is 0. The zero-order valence-electron chi connectivity index (χ0n) is 9.20. The molecular weight excluding hydrogens is 178 g/mol. The molecule has 0 aromatic rings. The molecule has 0 bridgehead atoms. The van der Waals surface area contributed by atoms with Crippen LogP contribution in [-0.4, -0.2) is 35.6 Å². The van der Waals surface area contributed by atoms with Crippen molar-refractivity contribution in [2.45, 2.75) is 38.6 Å². The van der Waals surface area contributed by atoms with E-state index in [4.69, 9.17) is 5.11 Å². The largest absolute Gasteiger partial charge is 0.480 e. The number of carboxylic acid groups (broad SMARTS) is 1. The highest BCUT2D eigenvalue weighted by Crippen LogP contribution is 2.08. The van der Waals surface area contributed by atoms with E-state index in [0.717, 1.165) is 25.7 Å². The summed E-state index contributed by atoms with van der Waals surface area (Å²) in [5.74, 6) is -0.731. The van der Waals surface area contributed by atoms with Gasteiger partial charge in [0.05, 0.1) is 0 Å². The van der Waals surface area contributed by atoms with Crippen molar-refractivity contribution in [3.63, 3.8) is 0 Å². The van der Waals surface area contributed by atoms with E-state index in [-0.39, 0.29) is 6.04 Å². The topological polar surface area (TPSA) is 40.5 Å². The van der Waals surface area contributed by atoms with Gasteiger partial charge in [-0.1, -0.05) is 32.3 Å². The van der Waals surface area contributed by atoms with Crippen LogP contribution in [0.4, 0.5) is 0 Å². The Labute approximate surface area is 86.4 Å². The van der Waals surface area contributed by atoms with Gasteiger partial charge in [-0.3, -0.25) is 9.69 Å². The first kappa shape index (κ1) is 13.2. The molecule has 82 valence electrons. The highest BCUT2D eigenvalue weighted by atomic mass is 16.4. The van der Waals surface area contributed by atoms with Gasteiger partial charge in [-0.05, 0) is 13.5 Å². The Bertz CT molecular complexity index is 180. The molecule has 0 aliphatic heterocycles. The molecule has 0 spiro atoms. The van der Waals surface area contributed by atoms with Crippen LogP contribution in [0.2, 0.25) is 0 Å². The second-order valence-electron chi connectivity index (χ2n) is 3.58. The van der Waals surface area contributed by atoms with Crippen molar-refractivity contribution in [2.75, 3.05) is 13.6 Å². The molecule has 0 fully saturated rings. The maximum Gasteiger partial charge on any atom is 0.320 e. The van der Waals surface area contributed by atoms with E-state index >= 15 is 0 Å². The highest BCUT2D eigenvalue weighted by molar-refractivity contribution is 5.73. The van der Waals surface area contributed by atoms with Gasteiger partial charge in [0.15, 0.2) is 0 Å². The van der Waals surface area contributed by atoms with Crippen LogP contribution in [0.1, 0.15) is 32.6 Å². The quantitative estimate of drug-likeness (QED) is 0.481. The summed E-state index contributed by atoms with van der Waals surface area (Å²) in [6.45, 7) is 6.35. The third kappa shape index (κ3) is 5.02. The monoisotopic (exact) mass is 199 g/mol. The van der Waals surface area contributed by atoms with E-state index < -0.39 is 5.97 Å². The molecule has 3 heteroatoms. The fourth-order valence-corrected chi connectivity index (χ4v) is 1.45. The first-order valence-electron chi connectivity index (χ1n) is 5.17. The summed E-state index contributed by atoms with van der Waals surface area (Å²) in [7, 11) is 1.83. The molecule has 1 atom stereocenters. The third-order valence-electron chi connectivity index (χ3n) is 2.32. The minimum absolute atomic E-state index is 0.362. The number of unbranched alkanes of at least 4 members (excludes halogenated alkanes) is 2. The molecule has 14 heavy (non-hydrogen) atoms. The van der Waals surface area contributed by atoms with Crippen LogP contribution in [-0.2, 0) is 4.79 Å². The number of aliphatic carboxylic acids is 1. The smallest absolute Gasteiger partial charge is 0.320 e. The second-order valence-corrected chi connectivity index (χ2v) is 3.58. The first-order valence-corrected chi connectivity index (χ1v) is 5.17. The number of hydrogen-bond donors (Lipinski definition) is 1. The summed E-state index contributed by atoms with van der Waals surface area (Å²) < 4.78 is 0. The predicted molar refractivity (Wildman–Crippen MR) is 58.4 cm³/mol. The van der Waals surface area contributed by atoms with E-state index in [0.29, 0.717) is 6.54 Å². The Morgan fingerprint density at radius 1 is 1.57 bits per heavy atom. The van der Waals surface area contributed by atoms with Crippen LogP contribution in [0, 0.1) is 0 Å². The van der Waals surface area contributed by atoms with E-state index in [1.165, 1.54) is 0 Å². The summed E-state index contributed by atoms with van der Waals surface area (Å²) in [5.41, 5.74) is 0. The van der Waals surface area contributed by atoms with Gasteiger partial charge in [-0.2, -0.15) is 0 Å². The van der Waals surface area contributed by atoms with Crippen molar-refractivity contribution in [3.8, 4) is 0 Å². The van der Waals surface area contributed by atoms with Crippen molar-refractivity contribution in [1.82, 2.24) is 4.90 Å². The van der Waals surface area contributed by atoms with Crippen LogP contribution in [0.15, 0.2) is 12.7 Å². The lowest BCUT2D eigenvalue weighted by Gasteiger charge is -2.22. The molecule has 0 rings (SSSR count). The van der Waals surface area contributed by atoms with E-state index in [1.807, 2.05) is 11.9 Å². The van der Waals surface area contributed by atoms with Crippen molar-refractivity contribution < 1.29 is 9.90 Å². The van der Waals surface area contributed by atoms with Gasteiger partial charge in [-0.15, -0.1) is 6.58 Å². The standard InChI is InChI=1S/C11H21NO2/c1-4-6-7-8-10(11(13)14)12(3)9-5-2/h5,10H,2,4,6-9H2,1,3H3,(H,13,14). The summed E-state index contributed by atoms with van der Waals surface area (Å²) in [6.07, 6.45) is 5.67. The Morgan fingerprint density at radius 3 is 2.64 bits per heavy atom. The Hall–Kier alpha value is -0.830. The van der Waals surface area contributed by atoms with Gasteiger partial charge in [0, 0.05) is 6.54 Å². The lowest BCUT2D eigenvalue weighted by molar-refractivity contribution is -0.142. The zero-order chi connectivity index (χ0) is 11.0. The van der Waals surface area contributed by atoms with Crippen molar-refractivity contribution in [3.05, 3.63) is 12.7 Å². The average Bonchev–Trinajstić information content (AvgIpc) is 2.12. The summed E-state index contributed by atoms with van der Waals surface area (Å²) in [5, 5.41) is 8.99. The second kappa shape index (κ2) is 7.56. The summed E-state index contributed by atoms with van der Waals surface area (Å²) in [4.78, 5) is 12.8. The molecule has 1 N–H and O–H groups in total. The molecule has 0 radical (unpaired) electrons. The molecule has 0 aliphatic carbocycles. The lowest BCUT2D eigenvalue weighted by Crippen LogP contribution is -2.38. The first-order chi connectivity index (χ1) is 6.63. The third-order valence-corrected chi connectivity index (χ3v) is 2.32. The van der Waals surface area contributed by atoms with Crippen LogP contribution in [0.3, 0.4) is 0 Å². The molecule has 1 unspecified atom stereocenters. The minimum atomic E-state index is -0.731. The Balaban J connectivity index is 4.00. The molecule has 0 heterocycles.